The molecule has 1 aromatic carbocycles. The van der Waals surface area contributed by atoms with Crippen LogP contribution >= 0.6 is 0 Å². The van der Waals surface area contributed by atoms with E-state index in [9.17, 15) is 9.50 Å². The number of aliphatic hydroxyl groups is 1. The highest BCUT2D eigenvalue weighted by Crippen LogP contribution is 2.32. The summed E-state index contributed by atoms with van der Waals surface area (Å²) in [6.07, 6.45) is 2.76. The number of rotatable bonds is 3. The maximum Gasteiger partial charge on any atom is 0.131 e. The lowest BCUT2D eigenvalue weighted by Crippen LogP contribution is -2.26. The van der Waals surface area contributed by atoms with E-state index in [-0.39, 0.29) is 5.82 Å². The zero-order valence-electron chi connectivity index (χ0n) is 12.8. The summed E-state index contributed by atoms with van der Waals surface area (Å²) < 4.78 is 14.0. The van der Waals surface area contributed by atoms with E-state index in [1.165, 1.54) is 12.5 Å². The summed E-state index contributed by atoms with van der Waals surface area (Å²) >= 11 is 0. The summed E-state index contributed by atoms with van der Waals surface area (Å²) in [7, 11) is 0. The van der Waals surface area contributed by atoms with Gasteiger partial charge in [0.2, 0.25) is 0 Å². The van der Waals surface area contributed by atoms with Crippen LogP contribution in [0.2, 0.25) is 0 Å². The van der Waals surface area contributed by atoms with Crippen LogP contribution in [0, 0.1) is 17.7 Å². The maximum atomic E-state index is 14.0. The van der Waals surface area contributed by atoms with Crippen molar-refractivity contribution in [3.63, 3.8) is 0 Å². The van der Waals surface area contributed by atoms with Crippen molar-refractivity contribution in [2.24, 2.45) is 11.8 Å². The van der Waals surface area contributed by atoms with Crippen LogP contribution in [-0.2, 0) is 0 Å². The first-order valence-corrected chi connectivity index (χ1v) is 7.72. The minimum absolute atomic E-state index is 0.304. The van der Waals surface area contributed by atoms with Gasteiger partial charge in [-0.25, -0.2) is 4.39 Å². The predicted octanol–water partition coefficient (Wildman–Crippen LogP) is 4.14. The first-order valence-electron chi connectivity index (χ1n) is 7.72. The van der Waals surface area contributed by atoms with Gasteiger partial charge in [-0.1, -0.05) is 19.9 Å². The van der Waals surface area contributed by atoms with Crippen molar-refractivity contribution in [1.29, 1.82) is 0 Å². The third kappa shape index (κ3) is 3.32. The fraction of sp³-hybridized carbons (Fsp3) is 0.647. The van der Waals surface area contributed by atoms with Gasteiger partial charge in [-0.05, 0) is 50.2 Å². The first-order chi connectivity index (χ1) is 9.50. The molecule has 1 heterocycles. The zero-order valence-corrected chi connectivity index (χ0v) is 12.8. The largest absolute Gasteiger partial charge is 0.389 e. The van der Waals surface area contributed by atoms with Crippen LogP contribution in [0.3, 0.4) is 0 Å². The average molecular weight is 279 g/mol. The second kappa shape index (κ2) is 6.57. The van der Waals surface area contributed by atoms with Gasteiger partial charge in [0.15, 0.2) is 0 Å². The molecule has 1 fully saturated rings. The minimum Gasteiger partial charge on any atom is -0.389 e. The van der Waals surface area contributed by atoms with Crippen molar-refractivity contribution in [1.82, 2.24) is 0 Å². The molecule has 1 aliphatic heterocycles. The minimum atomic E-state index is -0.768. The number of aliphatic hydroxyl groups excluding tert-OH is 1. The van der Waals surface area contributed by atoms with Crippen LogP contribution in [0.25, 0.3) is 0 Å². The maximum absolute atomic E-state index is 14.0. The van der Waals surface area contributed by atoms with Gasteiger partial charge < -0.3 is 10.0 Å². The monoisotopic (exact) mass is 279 g/mol. The molecule has 112 valence electrons. The fourth-order valence-corrected chi connectivity index (χ4v) is 3.24. The summed E-state index contributed by atoms with van der Waals surface area (Å²) in [6.45, 7) is 8.10. The molecule has 0 aliphatic carbocycles. The normalized spacial score (nSPS) is 21.9. The number of hydrogen-bond donors (Lipinski definition) is 1. The van der Waals surface area contributed by atoms with Crippen LogP contribution < -0.4 is 4.90 Å². The molecular weight excluding hydrogens is 253 g/mol. The highest BCUT2D eigenvalue weighted by atomic mass is 19.1. The van der Waals surface area contributed by atoms with Gasteiger partial charge in [-0.3, -0.25) is 0 Å². The Morgan fingerprint density at radius 3 is 2.60 bits per heavy atom. The van der Waals surface area contributed by atoms with Gasteiger partial charge in [-0.2, -0.15) is 0 Å². The molecular formula is C17H26FNO. The summed E-state index contributed by atoms with van der Waals surface area (Å²) in [4.78, 5) is 2.24. The standard InChI is InChI=1S/C17H26FNO/c1-12(2)14-6-5-10-19(11-9-14)16-8-4-7-15(18)17(16)13(3)20/h4,7-8,12-14,20H,5-6,9-11H2,1-3H3/t13-,14?/m1/s1. The van der Waals surface area contributed by atoms with Crippen molar-refractivity contribution in [2.45, 2.75) is 46.1 Å². The third-order valence-electron chi connectivity index (χ3n) is 4.50. The Morgan fingerprint density at radius 1 is 1.20 bits per heavy atom. The fourth-order valence-electron chi connectivity index (χ4n) is 3.24. The van der Waals surface area contributed by atoms with E-state index in [0.29, 0.717) is 11.5 Å². The van der Waals surface area contributed by atoms with E-state index in [4.69, 9.17) is 0 Å². The second-order valence-electron chi connectivity index (χ2n) is 6.27. The van der Waals surface area contributed by atoms with Crippen LogP contribution in [0.4, 0.5) is 10.1 Å². The number of hydrogen-bond acceptors (Lipinski definition) is 2. The van der Waals surface area contributed by atoms with Gasteiger partial charge in [0.05, 0.1) is 6.10 Å². The van der Waals surface area contributed by atoms with Crippen LogP contribution in [0.15, 0.2) is 18.2 Å². The van der Waals surface area contributed by atoms with E-state index in [2.05, 4.69) is 18.7 Å². The highest BCUT2D eigenvalue weighted by molar-refractivity contribution is 5.55. The van der Waals surface area contributed by atoms with Gasteiger partial charge in [-0.15, -0.1) is 0 Å². The summed E-state index contributed by atoms with van der Waals surface area (Å²) in [5, 5.41) is 9.86. The Bertz CT molecular complexity index is 445. The van der Waals surface area contributed by atoms with Crippen molar-refractivity contribution in [3.05, 3.63) is 29.6 Å². The molecule has 2 nitrogen and oxygen atoms in total. The first kappa shape index (κ1) is 15.3. The molecule has 3 heteroatoms. The lowest BCUT2D eigenvalue weighted by molar-refractivity contribution is 0.194. The van der Waals surface area contributed by atoms with E-state index in [0.717, 1.165) is 37.5 Å². The Labute approximate surface area is 121 Å². The van der Waals surface area contributed by atoms with E-state index in [1.54, 1.807) is 13.0 Å². The van der Waals surface area contributed by atoms with E-state index in [1.807, 2.05) is 6.07 Å². The van der Waals surface area contributed by atoms with E-state index < -0.39 is 6.10 Å². The quantitative estimate of drug-likeness (QED) is 0.898. The molecule has 1 saturated heterocycles. The number of nitrogens with zero attached hydrogens (tertiary/aromatic N) is 1. The Kier molecular flexibility index (Phi) is 5.03. The molecule has 2 atom stereocenters. The summed E-state index contributed by atoms with van der Waals surface area (Å²) in [5.74, 6) is 1.16. The predicted molar refractivity (Wildman–Crippen MR) is 81.4 cm³/mol. The molecule has 0 saturated carbocycles. The molecule has 1 N–H and O–H groups in total. The molecule has 20 heavy (non-hydrogen) atoms. The highest BCUT2D eigenvalue weighted by Gasteiger charge is 2.23. The lowest BCUT2D eigenvalue weighted by atomic mass is 9.89. The molecule has 1 aliphatic rings. The van der Waals surface area contributed by atoms with Crippen LogP contribution in [0.1, 0.15) is 51.7 Å². The molecule has 0 spiro atoms. The Morgan fingerprint density at radius 2 is 1.95 bits per heavy atom. The average Bonchev–Trinajstić information content (AvgIpc) is 2.63. The molecule has 1 unspecified atom stereocenters. The number of halogens is 1. The Hall–Kier alpha value is -1.09. The van der Waals surface area contributed by atoms with Gasteiger partial charge in [0.1, 0.15) is 5.82 Å². The smallest absolute Gasteiger partial charge is 0.131 e. The van der Waals surface area contributed by atoms with Crippen molar-refractivity contribution in [2.75, 3.05) is 18.0 Å². The third-order valence-corrected chi connectivity index (χ3v) is 4.50. The summed E-state index contributed by atoms with van der Waals surface area (Å²) in [6, 6.07) is 5.10. The van der Waals surface area contributed by atoms with Crippen molar-refractivity contribution >= 4 is 5.69 Å². The van der Waals surface area contributed by atoms with Gasteiger partial charge in [0, 0.05) is 24.3 Å². The van der Waals surface area contributed by atoms with Gasteiger partial charge >= 0.3 is 0 Å². The molecule has 2 rings (SSSR count). The SMILES string of the molecule is CC(C)C1CCCN(c2cccc(F)c2[C@@H](C)O)CC1. The molecule has 0 amide bonds. The second-order valence-corrected chi connectivity index (χ2v) is 6.27. The summed E-state index contributed by atoms with van der Waals surface area (Å²) in [5.41, 5.74) is 1.31. The molecule has 0 aromatic heterocycles. The van der Waals surface area contributed by atoms with Crippen LogP contribution in [0.5, 0.6) is 0 Å². The topological polar surface area (TPSA) is 23.5 Å². The number of benzene rings is 1. The lowest BCUT2D eigenvalue weighted by Gasteiger charge is -2.27. The number of anilines is 1. The van der Waals surface area contributed by atoms with Gasteiger partial charge in [0.25, 0.3) is 0 Å². The van der Waals surface area contributed by atoms with Crippen molar-refractivity contribution < 1.29 is 9.50 Å². The zero-order chi connectivity index (χ0) is 14.7. The molecule has 0 radical (unpaired) electrons. The molecule has 1 aromatic rings. The Balaban J connectivity index is 2.22. The van der Waals surface area contributed by atoms with Crippen LogP contribution in [-0.4, -0.2) is 18.2 Å². The van der Waals surface area contributed by atoms with E-state index >= 15 is 0 Å². The molecule has 0 bridgehead atoms. The van der Waals surface area contributed by atoms with Crippen molar-refractivity contribution in [3.8, 4) is 0 Å².